The van der Waals surface area contributed by atoms with Gasteiger partial charge in [0.1, 0.15) is 5.75 Å². The summed E-state index contributed by atoms with van der Waals surface area (Å²) < 4.78 is 7.59. The normalized spacial score (nSPS) is 13.0. The number of pyridine rings is 1. The standard InChI is InChI=1S/C28H29N3O3/c1-17-15-25(34-3)22(27(32)30-17)16-29-28(33)26-18(2)31(24-13-7-6-12-21(24)26)23-14-8-10-19-9-4-5-11-20(19)23/h6-8,10,12-15H,4-5,9,11,16H2,1-3H3,(H,29,33)(H,30,32). The minimum absolute atomic E-state index is 0.0807. The summed E-state index contributed by atoms with van der Waals surface area (Å²) in [5.74, 6) is 0.260. The highest BCUT2D eigenvalue weighted by Crippen LogP contribution is 2.34. The van der Waals surface area contributed by atoms with E-state index in [9.17, 15) is 9.59 Å². The third-order valence-electron chi connectivity index (χ3n) is 6.83. The van der Waals surface area contributed by atoms with Crippen LogP contribution in [0.1, 0.15) is 51.3 Å². The van der Waals surface area contributed by atoms with Crippen LogP contribution in [0.2, 0.25) is 0 Å². The summed E-state index contributed by atoms with van der Waals surface area (Å²) in [6.07, 6.45) is 4.55. The molecule has 34 heavy (non-hydrogen) atoms. The number of hydrogen-bond donors (Lipinski definition) is 2. The average Bonchev–Trinajstić information content (AvgIpc) is 3.14. The first-order valence-electron chi connectivity index (χ1n) is 11.8. The molecule has 6 heteroatoms. The van der Waals surface area contributed by atoms with Crippen LogP contribution in [0.3, 0.4) is 0 Å². The Balaban J connectivity index is 1.57. The quantitative estimate of drug-likeness (QED) is 0.456. The van der Waals surface area contributed by atoms with Gasteiger partial charge in [-0.25, -0.2) is 0 Å². The molecular formula is C28H29N3O3. The molecule has 0 radical (unpaired) electrons. The summed E-state index contributed by atoms with van der Waals surface area (Å²) in [5, 5.41) is 3.86. The van der Waals surface area contributed by atoms with Gasteiger partial charge in [-0.1, -0.05) is 30.3 Å². The predicted molar refractivity (Wildman–Crippen MR) is 134 cm³/mol. The number of H-pyrrole nitrogens is 1. The Morgan fingerprint density at radius 1 is 1.09 bits per heavy atom. The van der Waals surface area contributed by atoms with Crippen molar-refractivity contribution >= 4 is 16.8 Å². The summed E-state index contributed by atoms with van der Waals surface area (Å²) in [6.45, 7) is 3.88. The molecule has 2 aromatic heterocycles. The lowest BCUT2D eigenvalue weighted by molar-refractivity contribution is 0.0951. The molecule has 4 aromatic rings. The highest BCUT2D eigenvalue weighted by Gasteiger charge is 2.23. The second-order valence-corrected chi connectivity index (χ2v) is 8.95. The minimum atomic E-state index is -0.257. The van der Waals surface area contributed by atoms with E-state index in [1.54, 1.807) is 13.0 Å². The average molecular weight is 456 g/mol. The number of aromatic nitrogens is 2. The van der Waals surface area contributed by atoms with Crippen LogP contribution in [0.4, 0.5) is 0 Å². The number of carbonyl (C=O) groups excluding carboxylic acids is 1. The van der Waals surface area contributed by atoms with Crippen LogP contribution in [0.5, 0.6) is 5.75 Å². The van der Waals surface area contributed by atoms with E-state index in [1.807, 2.05) is 25.1 Å². The van der Waals surface area contributed by atoms with Gasteiger partial charge in [0.25, 0.3) is 11.5 Å². The van der Waals surface area contributed by atoms with Crippen LogP contribution < -0.4 is 15.6 Å². The van der Waals surface area contributed by atoms with Crippen molar-refractivity contribution in [3.05, 3.63) is 92.5 Å². The molecule has 0 spiro atoms. The molecule has 0 saturated heterocycles. The number of rotatable bonds is 5. The monoisotopic (exact) mass is 455 g/mol. The largest absolute Gasteiger partial charge is 0.496 e. The molecule has 5 rings (SSSR count). The fraction of sp³-hybridized carbons (Fsp3) is 0.286. The molecule has 6 nitrogen and oxygen atoms in total. The Hall–Kier alpha value is -3.80. The highest BCUT2D eigenvalue weighted by atomic mass is 16.5. The Labute approximate surface area is 198 Å². The molecule has 0 saturated carbocycles. The lowest BCUT2D eigenvalue weighted by Gasteiger charge is -2.21. The number of nitrogens with zero attached hydrogens (tertiary/aromatic N) is 1. The van der Waals surface area contributed by atoms with Gasteiger partial charge < -0.3 is 19.6 Å². The maximum atomic E-state index is 13.5. The fourth-order valence-electron chi connectivity index (χ4n) is 5.23. The SMILES string of the molecule is COc1cc(C)[nH]c(=O)c1CNC(=O)c1c(C)n(-c2cccc3c2CCCC3)c2ccccc12. The summed E-state index contributed by atoms with van der Waals surface area (Å²) in [5.41, 5.74) is 7.32. The van der Waals surface area contributed by atoms with Gasteiger partial charge in [-0.2, -0.15) is 0 Å². The van der Waals surface area contributed by atoms with Crippen molar-refractivity contribution in [2.45, 2.75) is 46.1 Å². The van der Waals surface area contributed by atoms with Crippen molar-refractivity contribution in [2.75, 3.05) is 7.11 Å². The molecule has 2 heterocycles. The minimum Gasteiger partial charge on any atom is -0.496 e. The molecule has 0 atom stereocenters. The van der Waals surface area contributed by atoms with E-state index < -0.39 is 0 Å². The molecule has 0 unspecified atom stereocenters. The lowest BCUT2D eigenvalue weighted by atomic mass is 9.90. The van der Waals surface area contributed by atoms with Crippen LogP contribution >= 0.6 is 0 Å². The molecular weight excluding hydrogens is 426 g/mol. The number of amides is 1. The third-order valence-corrected chi connectivity index (χ3v) is 6.83. The second kappa shape index (κ2) is 8.86. The van der Waals surface area contributed by atoms with E-state index in [4.69, 9.17) is 4.74 Å². The third kappa shape index (κ3) is 3.69. The molecule has 0 aliphatic heterocycles. The van der Waals surface area contributed by atoms with Crippen LogP contribution in [-0.4, -0.2) is 22.6 Å². The summed E-state index contributed by atoms with van der Waals surface area (Å²) >= 11 is 0. The van der Waals surface area contributed by atoms with Gasteiger partial charge in [-0.3, -0.25) is 9.59 Å². The number of aromatic amines is 1. The smallest absolute Gasteiger partial charge is 0.256 e. The van der Waals surface area contributed by atoms with Crippen molar-refractivity contribution in [1.82, 2.24) is 14.9 Å². The molecule has 174 valence electrons. The molecule has 2 N–H and O–H groups in total. The van der Waals surface area contributed by atoms with Crippen molar-refractivity contribution in [2.24, 2.45) is 0 Å². The van der Waals surface area contributed by atoms with Crippen LogP contribution in [0, 0.1) is 13.8 Å². The van der Waals surface area contributed by atoms with E-state index in [2.05, 4.69) is 39.1 Å². The van der Waals surface area contributed by atoms with E-state index in [1.165, 1.54) is 31.1 Å². The number of benzene rings is 2. The molecule has 1 aliphatic carbocycles. The van der Waals surface area contributed by atoms with E-state index >= 15 is 0 Å². The number of methoxy groups -OCH3 is 1. The first kappa shape index (κ1) is 22.0. The number of fused-ring (bicyclic) bond motifs is 2. The molecule has 0 bridgehead atoms. The highest BCUT2D eigenvalue weighted by molar-refractivity contribution is 6.09. The summed E-state index contributed by atoms with van der Waals surface area (Å²) in [7, 11) is 1.53. The number of ether oxygens (including phenoxy) is 1. The van der Waals surface area contributed by atoms with Gasteiger partial charge >= 0.3 is 0 Å². The topological polar surface area (TPSA) is 76.1 Å². The van der Waals surface area contributed by atoms with E-state index in [0.717, 1.165) is 35.1 Å². The molecule has 2 aromatic carbocycles. The van der Waals surface area contributed by atoms with Crippen molar-refractivity contribution in [3.63, 3.8) is 0 Å². The summed E-state index contributed by atoms with van der Waals surface area (Å²) in [6, 6.07) is 16.3. The number of carbonyl (C=O) groups is 1. The van der Waals surface area contributed by atoms with Gasteiger partial charge in [0, 0.05) is 22.5 Å². The fourth-order valence-corrected chi connectivity index (χ4v) is 5.23. The number of nitrogens with one attached hydrogen (secondary N) is 2. The van der Waals surface area contributed by atoms with Crippen molar-refractivity contribution in [1.29, 1.82) is 0 Å². The first-order chi connectivity index (χ1) is 16.5. The van der Waals surface area contributed by atoms with Crippen LogP contribution in [0.15, 0.2) is 53.3 Å². The van der Waals surface area contributed by atoms with Crippen molar-refractivity contribution in [3.8, 4) is 11.4 Å². The van der Waals surface area contributed by atoms with E-state index in [0.29, 0.717) is 22.6 Å². The molecule has 0 fully saturated rings. The van der Waals surface area contributed by atoms with Crippen molar-refractivity contribution < 1.29 is 9.53 Å². The van der Waals surface area contributed by atoms with Gasteiger partial charge in [-0.05, 0) is 68.9 Å². The van der Waals surface area contributed by atoms with Gasteiger partial charge in [0.15, 0.2) is 0 Å². The zero-order chi connectivity index (χ0) is 23.8. The number of hydrogen-bond acceptors (Lipinski definition) is 3. The zero-order valence-corrected chi connectivity index (χ0v) is 19.8. The Bertz CT molecular complexity index is 1460. The summed E-state index contributed by atoms with van der Waals surface area (Å²) in [4.78, 5) is 28.8. The molecule has 1 aliphatic rings. The number of para-hydroxylation sites is 1. The van der Waals surface area contributed by atoms with Gasteiger partial charge in [0.05, 0.1) is 30.3 Å². The Morgan fingerprint density at radius 2 is 1.88 bits per heavy atom. The van der Waals surface area contributed by atoms with Crippen LogP contribution in [0.25, 0.3) is 16.6 Å². The maximum Gasteiger partial charge on any atom is 0.256 e. The zero-order valence-electron chi connectivity index (χ0n) is 19.8. The maximum absolute atomic E-state index is 13.5. The van der Waals surface area contributed by atoms with E-state index in [-0.39, 0.29) is 18.0 Å². The van der Waals surface area contributed by atoms with Gasteiger partial charge in [0.2, 0.25) is 0 Å². The first-order valence-corrected chi connectivity index (χ1v) is 11.8. The molecule has 1 amide bonds. The van der Waals surface area contributed by atoms with Crippen LogP contribution in [-0.2, 0) is 19.4 Å². The van der Waals surface area contributed by atoms with Gasteiger partial charge in [-0.15, -0.1) is 0 Å². The second-order valence-electron chi connectivity index (χ2n) is 8.95. The Kier molecular flexibility index (Phi) is 5.74. The predicted octanol–water partition coefficient (Wildman–Crippen LogP) is 4.75. The Morgan fingerprint density at radius 3 is 2.71 bits per heavy atom. The lowest BCUT2D eigenvalue weighted by Crippen LogP contribution is -2.28. The number of aryl methyl sites for hydroxylation is 2.